The molecule has 2 rings (SSSR count). The number of urea groups is 1. The lowest BCUT2D eigenvalue weighted by Crippen LogP contribution is -2.36. The van der Waals surface area contributed by atoms with Crippen LogP contribution in [-0.2, 0) is 9.59 Å². The van der Waals surface area contributed by atoms with Crippen LogP contribution in [0.1, 0.15) is 12.8 Å². The van der Waals surface area contributed by atoms with E-state index in [1.165, 1.54) is 0 Å². The molecule has 0 aromatic rings. The lowest BCUT2D eigenvalue weighted by Gasteiger charge is -2.10. The summed E-state index contributed by atoms with van der Waals surface area (Å²) in [5.74, 6) is -0.936. The molecule has 0 radical (unpaired) electrons. The average molecular weight is 283 g/mol. The maximum Gasteiger partial charge on any atom is 0.325 e. The number of nitrogens with one attached hydrogen (secondary N) is 3. The van der Waals surface area contributed by atoms with Gasteiger partial charge in [0.05, 0.1) is 6.54 Å². The van der Waals surface area contributed by atoms with Crippen molar-refractivity contribution in [3.8, 4) is 0 Å². The Morgan fingerprint density at radius 2 is 2.30 bits per heavy atom. The predicted molar refractivity (Wildman–Crippen MR) is 69.2 cm³/mol. The first-order valence-corrected chi connectivity index (χ1v) is 6.44. The van der Waals surface area contributed by atoms with E-state index >= 15 is 0 Å². The zero-order chi connectivity index (χ0) is 14.5. The van der Waals surface area contributed by atoms with Gasteiger partial charge < -0.3 is 21.1 Å². The van der Waals surface area contributed by atoms with Gasteiger partial charge in [0.25, 0.3) is 5.91 Å². The molecular weight excluding hydrogens is 266 g/mol. The molecule has 1 fully saturated rings. The van der Waals surface area contributed by atoms with Crippen LogP contribution in [0, 0.1) is 0 Å². The van der Waals surface area contributed by atoms with Gasteiger partial charge in [-0.1, -0.05) is 0 Å². The van der Waals surface area contributed by atoms with Crippen molar-refractivity contribution < 1.29 is 19.5 Å². The van der Waals surface area contributed by atoms with Gasteiger partial charge in [0, 0.05) is 13.1 Å². The molecule has 2 aliphatic heterocycles. The van der Waals surface area contributed by atoms with Crippen molar-refractivity contribution in [2.24, 2.45) is 4.99 Å². The van der Waals surface area contributed by atoms with Gasteiger partial charge in [0.2, 0.25) is 0 Å². The lowest BCUT2D eigenvalue weighted by molar-refractivity contribution is -0.141. The highest BCUT2D eigenvalue weighted by atomic mass is 16.4. The second kappa shape index (κ2) is 6.22. The van der Waals surface area contributed by atoms with E-state index in [-0.39, 0.29) is 0 Å². The lowest BCUT2D eigenvalue weighted by atomic mass is 10.1. The van der Waals surface area contributed by atoms with Gasteiger partial charge in [0.15, 0.2) is 5.96 Å². The molecule has 0 aliphatic carbocycles. The van der Waals surface area contributed by atoms with Gasteiger partial charge in [-0.2, -0.15) is 0 Å². The smallest absolute Gasteiger partial charge is 0.325 e. The van der Waals surface area contributed by atoms with E-state index in [1.807, 2.05) is 0 Å². The average Bonchev–Trinajstić information content (AvgIpc) is 2.98. The topological polar surface area (TPSA) is 123 Å². The van der Waals surface area contributed by atoms with Crippen molar-refractivity contribution in [1.29, 1.82) is 0 Å². The molecule has 0 aromatic carbocycles. The van der Waals surface area contributed by atoms with E-state index in [0.717, 1.165) is 23.9 Å². The summed E-state index contributed by atoms with van der Waals surface area (Å²) in [6.07, 6.45) is 1.12. The van der Waals surface area contributed by atoms with Crippen molar-refractivity contribution in [2.45, 2.75) is 18.9 Å². The molecule has 0 spiro atoms. The van der Waals surface area contributed by atoms with Crippen LogP contribution >= 0.6 is 0 Å². The maximum atomic E-state index is 11.8. The number of aliphatic carboxylic acids is 1. The van der Waals surface area contributed by atoms with Crippen molar-refractivity contribution in [2.75, 3.05) is 26.2 Å². The van der Waals surface area contributed by atoms with Crippen LogP contribution in [0.15, 0.2) is 4.99 Å². The summed E-state index contributed by atoms with van der Waals surface area (Å²) in [7, 11) is 0. The van der Waals surface area contributed by atoms with Crippen molar-refractivity contribution in [3.63, 3.8) is 0 Å². The Balaban J connectivity index is 1.72. The number of guanidine groups is 1. The molecule has 1 saturated heterocycles. The van der Waals surface area contributed by atoms with E-state index in [1.54, 1.807) is 0 Å². The monoisotopic (exact) mass is 283 g/mol. The molecule has 3 amide bonds. The zero-order valence-corrected chi connectivity index (χ0v) is 10.9. The van der Waals surface area contributed by atoms with Gasteiger partial charge in [-0.3, -0.25) is 19.5 Å². The molecule has 0 saturated carbocycles. The van der Waals surface area contributed by atoms with Crippen molar-refractivity contribution in [3.05, 3.63) is 0 Å². The summed E-state index contributed by atoms with van der Waals surface area (Å²) in [5, 5.41) is 17.3. The molecule has 2 heterocycles. The van der Waals surface area contributed by atoms with Gasteiger partial charge in [-0.25, -0.2) is 4.79 Å². The van der Waals surface area contributed by atoms with Gasteiger partial charge in [-0.05, 0) is 12.8 Å². The van der Waals surface area contributed by atoms with Crippen molar-refractivity contribution in [1.82, 2.24) is 20.9 Å². The fourth-order valence-electron chi connectivity index (χ4n) is 2.09. The SMILES string of the molecule is O=C(O)CN1C(=O)NC(CCCNC2=NCCN2)C1=O. The van der Waals surface area contributed by atoms with E-state index in [9.17, 15) is 14.4 Å². The number of amides is 3. The molecule has 0 aromatic heterocycles. The molecule has 9 heteroatoms. The van der Waals surface area contributed by atoms with Crippen LogP contribution in [0.5, 0.6) is 0 Å². The summed E-state index contributed by atoms with van der Waals surface area (Å²) in [6.45, 7) is 1.61. The van der Waals surface area contributed by atoms with Gasteiger partial charge in [0.1, 0.15) is 12.6 Å². The number of carbonyl (C=O) groups excluding carboxylic acids is 2. The molecule has 0 bridgehead atoms. The number of aliphatic imine (C=N–C) groups is 1. The summed E-state index contributed by atoms with van der Waals surface area (Å²) in [4.78, 5) is 38.7. The highest BCUT2D eigenvalue weighted by Crippen LogP contribution is 2.10. The first-order valence-electron chi connectivity index (χ1n) is 6.44. The molecular formula is C11H17N5O4. The second-order valence-electron chi connectivity index (χ2n) is 4.55. The van der Waals surface area contributed by atoms with E-state index < -0.39 is 30.5 Å². The highest BCUT2D eigenvalue weighted by molar-refractivity contribution is 6.05. The minimum atomic E-state index is -1.21. The summed E-state index contributed by atoms with van der Waals surface area (Å²) in [5.41, 5.74) is 0. The van der Waals surface area contributed by atoms with Gasteiger partial charge >= 0.3 is 12.0 Å². The molecule has 4 N–H and O–H groups in total. The standard InChI is InChI=1S/C11H17N5O4/c17-8(18)6-16-9(19)7(15-11(16)20)2-1-3-12-10-13-4-5-14-10/h7H,1-6H2,(H,15,20)(H,17,18)(H2,12,13,14). The molecule has 1 atom stereocenters. The summed E-state index contributed by atoms with van der Waals surface area (Å²) in [6, 6.07) is -1.28. The molecule has 110 valence electrons. The zero-order valence-electron chi connectivity index (χ0n) is 10.9. The van der Waals surface area contributed by atoms with Crippen LogP contribution < -0.4 is 16.0 Å². The number of nitrogens with zero attached hydrogens (tertiary/aromatic N) is 2. The van der Waals surface area contributed by atoms with Crippen LogP contribution in [-0.4, -0.2) is 66.1 Å². The quantitative estimate of drug-likeness (QED) is 0.341. The Labute approximate surface area is 115 Å². The number of carboxylic acids is 1. The van der Waals surface area contributed by atoms with Crippen LogP contribution in [0.4, 0.5) is 4.79 Å². The molecule has 9 nitrogen and oxygen atoms in total. The Morgan fingerprint density at radius 1 is 1.50 bits per heavy atom. The maximum absolute atomic E-state index is 11.8. The molecule has 20 heavy (non-hydrogen) atoms. The van der Waals surface area contributed by atoms with Crippen LogP contribution in [0.25, 0.3) is 0 Å². The van der Waals surface area contributed by atoms with E-state index in [0.29, 0.717) is 19.4 Å². The summed E-state index contributed by atoms with van der Waals surface area (Å²) < 4.78 is 0. The third-order valence-corrected chi connectivity index (χ3v) is 3.04. The molecule has 1 unspecified atom stereocenters. The Bertz CT molecular complexity index is 450. The van der Waals surface area contributed by atoms with Crippen molar-refractivity contribution >= 4 is 23.9 Å². The Hall–Kier alpha value is -2.32. The first kappa shape index (κ1) is 14.1. The third-order valence-electron chi connectivity index (χ3n) is 3.04. The number of hydrogen-bond donors (Lipinski definition) is 4. The Kier molecular flexibility index (Phi) is 4.38. The fourth-order valence-corrected chi connectivity index (χ4v) is 2.09. The number of carbonyl (C=O) groups is 3. The summed E-state index contributed by atoms with van der Waals surface area (Å²) >= 11 is 0. The normalized spacial score (nSPS) is 21.5. The second-order valence-corrected chi connectivity index (χ2v) is 4.55. The van der Waals surface area contributed by atoms with E-state index in [4.69, 9.17) is 5.11 Å². The predicted octanol–water partition coefficient (Wildman–Crippen LogP) is -1.68. The van der Waals surface area contributed by atoms with Crippen LogP contribution in [0.2, 0.25) is 0 Å². The highest BCUT2D eigenvalue weighted by Gasteiger charge is 2.38. The van der Waals surface area contributed by atoms with Gasteiger partial charge in [-0.15, -0.1) is 0 Å². The first-order chi connectivity index (χ1) is 9.58. The number of carboxylic acid groups (broad SMARTS) is 1. The number of imide groups is 1. The largest absolute Gasteiger partial charge is 0.480 e. The van der Waals surface area contributed by atoms with E-state index in [2.05, 4.69) is 20.9 Å². The minimum absolute atomic E-state index is 0.459. The molecule has 2 aliphatic rings. The number of rotatable bonds is 6. The minimum Gasteiger partial charge on any atom is -0.480 e. The number of hydrogen-bond acceptors (Lipinski definition) is 6. The van der Waals surface area contributed by atoms with Crippen LogP contribution in [0.3, 0.4) is 0 Å². The fraction of sp³-hybridized carbons (Fsp3) is 0.636. The Morgan fingerprint density at radius 3 is 2.95 bits per heavy atom. The third kappa shape index (κ3) is 3.37.